The van der Waals surface area contributed by atoms with Crippen molar-refractivity contribution in [3.63, 3.8) is 0 Å². The number of rotatable bonds is 6. The Morgan fingerprint density at radius 1 is 0.793 bits per heavy atom. The van der Waals surface area contributed by atoms with E-state index in [1.165, 1.54) is 0 Å². The Hall–Kier alpha value is -2.39. The van der Waals surface area contributed by atoms with Crippen molar-refractivity contribution in [1.82, 2.24) is 0 Å². The lowest BCUT2D eigenvalue weighted by Gasteiger charge is -2.17. The van der Waals surface area contributed by atoms with E-state index < -0.39 is 17.7 Å². The molecule has 29 heavy (non-hydrogen) atoms. The number of halogens is 2. The fourth-order valence-electron chi connectivity index (χ4n) is 2.73. The van der Waals surface area contributed by atoms with Crippen LogP contribution in [-0.4, -0.2) is 11.8 Å². The zero-order valence-electron chi connectivity index (χ0n) is 15.4. The van der Waals surface area contributed by atoms with Crippen LogP contribution in [0.5, 0.6) is 0 Å². The summed E-state index contributed by atoms with van der Waals surface area (Å²) < 4.78 is 13.7. The summed E-state index contributed by atoms with van der Waals surface area (Å²) in [5, 5.41) is 0.397. The molecular weight excluding hydrogens is 430 g/mol. The molecule has 0 saturated heterocycles. The summed E-state index contributed by atoms with van der Waals surface area (Å²) in [6.07, 6.45) is 0. The standard InChI is InChI=1S/C22H16Cl2O3.H3OP/c23-17-12-7-13-18(24)20(17)21(25)19(16-10-5-2-6-11-16)22(26)27-14-15-8-3-1-4-9-15;1-2/h1-13,19H,14H2;2H3. The van der Waals surface area contributed by atoms with Crippen LogP contribution in [0.2, 0.25) is 10.0 Å². The van der Waals surface area contributed by atoms with Crippen molar-refractivity contribution in [2.24, 2.45) is 0 Å². The SMILES string of the molecule is O=C(OCc1ccccc1)C(C(=O)c1c(Cl)cccc1Cl)c1ccccc1.O=[PH3]. The van der Waals surface area contributed by atoms with Crippen molar-refractivity contribution < 1.29 is 18.9 Å². The first-order chi connectivity index (χ1) is 14.1. The predicted molar refractivity (Wildman–Crippen MR) is 118 cm³/mol. The summed E-state index contributed by atoms with van der Waals surface area (Å²) in [5.74, 6) is -2.28. The zero-order valence-corrected chi connectivity index (χ0v) is 18.3. The molecule has 0 aromatic heterocycles. The van der Waals surface area contributed by atoms with Crippen molar-refractivity contribution in [2.75, 3.05) is 0 Å². The zero-order chi connectivity index (χ0) is 21.2. The average molecular weight is 449 g/mol. The summed E-state index contributed by atoms with van der Waals surface area (Å²) in [5.41, 5.74) is 1.48. The van der Waals surface area contributed by atoms with Crippen LogP contribution in [-0.2, 0) is 20.7 Å². The maximum atomic E-state index is 13.2. The van der Waals surface area contributed by atoms with Gasteiger partial charge in [-0.05, 0) is 23.3 Å². The molecule has 0 N–H and O–H groups in total. The van der Waals surface area contributed by atoms with Gasteiger partial charge in [0.1, 0.15) is 12.5 Å². The largest absolute Gasteiger partial charge is 0.460 e. The van der Waals surface area contributed by atoms with Gasteiger partial charge in [-0.25, -0.2) is 0 Å². The van der Waals surface area contributed by atoms with E-state index in [1.807, 2.05) is 36.4 Å². The van der Waals surface area contributed by atoms with E-state index >= 15 is 0 Å². The molecular formula is C22H19Cl2O4P. The topological polar surface area (TPSA) is 60.4 Å². The monoisotopic (exact) mass is 448 g/mol. The van der Waals surface area contributed by atoms with Crippen molar-refractivity contribution >= 4 is 44.1 Å². The lowest BCUT2D eigenvalue weighted by molar-refractivity contribution is -0.145. The lowest BCUT2D eigenvalue weighted by atomic mass is 9.90. The number of ketones is 1. The average Bonchev–Trinajstić information content (AvgIpc) is 2.75. The molecule has 150 valence electrons. The van der Waals surface area contributed by atoms with Gasteiger partial charge in [0, 0.05) is 0 Å². The highest BCUT2D eigenvalue weighted by molar-refractivity contribution is 7.00. The maximum absolute atomic E-state index is 13.2. The molecule has 0 aliphatic rings. The quantitative estimate of drug-likeness (QED) is 0.212. The fraction of sp³-hybridized carbons (Fsp3) is 0.0909. The first-order valence-electron chi connectivity index (χ1n) is 8.60. The molecule has 0 fully saturated rings. The summed E-state index contributed by atoms with van der Waals surface area (Å²) in [6.45, 7) is 0.0759. The second kappa shape index (κ2) is 11.6. The molecule has 0 saturated carbocycles. The molecule has 0 aliphatic carbocycles. The molecule has 0 heterocycles. The molecule has 0 spiro atoms. The highest BCUT2D eigenvalue weighted by Crippen LogP contribution is 2.31. The van der Waals surface area contributed by atoms with Crippen LogP contribution >= 0.6 is 32.3 Å². The van der Waals surface area contributed by atoms with Crippen LogP contribution in [0.3, 0.4) is 0 Å². The molecule has 3 rings (SSSR count). The molecule has 2 atom stereocenters. The minimum Gasteiger partial charge on any atom is -0.460 e. The van der Waals surface area contributed by atoms with Crippen LogP contribution in [0.15, 0.2) is 78.9 Å². The van der Waals surface area contributed by atoms with Crippen LogP contribution in [0.4, 0.5) is 0 Å². The highest BCUT2D eigenvalue weighted by atomic mass is 35.5. The van der Waals surface area contributed by atoms with Crippen LogP contribution in [0.1, 0.15) is 27.4 Å². The van der Waals surface area contributed by atoms with Crippen LogP contribution in [0, 0.1) is 0 Å². The fourth-order valence-corrected chi connectivity index (χ4v) is 3.31. The van der Waals surface area contributed by atoms with Crippen LogP contribution < -0.4 is 0 Å². The van der Waals surface area contributed by atoms with E-state index in [9.17, 15) is 9.59 Å². The normalized spacial score (nSPS) is 11.1. The van der Waals surface area contributed by atoms with Crippen molar-refractivity contribution in [2.45, 2.75) is 12.5 Å². The van der Waals surface area contributed by atoms with Crippen molar-refractivity contribution in [3.05, 3.63) is 106 Å². The van der Waals surface area contributed by atoms with E-state index in [-0.39, 0.29) is 22.2 Å². The highest BCUT2D eigenvalue weighted by Gasteiger charge is 2.33. The molecule has 3 aromatic carbocycles. The molecule has 0 amide bonds. The summed E-state index contributed by atoms with van der Waals surface area (Å²) in [4.78, 5) is 26.0. The summed E-state index contributed by atoms with van der Waals surface area (Å²) in [6, 6.07) is 22.8. The van der Waals surface area contributed by atoms with Crippen molar-refractivity contribution in [1.29, 1.82) is 0 Å². The van der Waals surface area contributed by atoms with Gasteiger partial charge in [0.2, 0.25) is 0 Å². The molecule has 4 nitrogen and oxygen atoms in total. The minimum atomic E-state index is -1.15. The van der Waals surface area contributed by atoms with Gasteiger partial charge < -0.3 is 9.30 Å². The Morgan fingerprint density at radius 2 is 1.31 bits per heavy atom. The van der Waals surface area contributed by atoms with E-state index in [0.717, 1.165) is 5.56 Å². The summed E-state index contributed by atoms with van der Waals surface area (Å²) in [7, 11) is 0.611. The third kappa shape index (κ3) is 6.04. The smallest absolute Gasteiger partial charge is 0.321 e. The number of esters is 1. The number of hydrogen-bond donors (Lipinski definition) is 0. The third-order valence-electron chi connectivity index (χ3n) is 4.06. The first kappa shape index (κ1) is 22.9. The number of hydrogen-bond acceptors (Lipinski definition) is 4. The van der Waals surface area contributed by atoms with E-state index in [4.69, 9.17) is 32.5 Å². The minimum absolute atomic E-state index is 0.0759. The van der Waals surface area contributed by atoms with Gasteiger partial charge in [0.05, 0.1) is 24.7 Å². The number of carbonyl (C=O) groups excluding carboxylic acids is 2. The van der Waals surface area contributed by atoms with Crippen LogP contribution in [0.25, 0.3) is 0 Å². The molecule has 0 radical (unpaired) electrons. The van der Waals surface area contributed by atoms with Gasteiger partial charge in [0.15, 0.2) is 5.78 Å². The van der Waals surface area contributed by atoms with E-state index in [0.29, 0.717) is 14.7 Å². The lowest BCUT2D eigenvalue weighted by Crippen LogP contribution is -2.25. The molecule has 7 heteroatoms. The van der Waals surface area contributed by atoms with Gasteiger partial charge in [-0.3, -0.25) is 9.59 Å². The number of benzene rings is 3. The first-order valence-corrected chi connectivity index (χ1v) is 9.94. The number of ether oxygens (including phenoxy) is 1. The molecule has 3 aromatic rings. The van der Waals surface area contributed by atoms with Crippen molar-refractivity contribution in [3.8, 4) is 0 Å². The number of Topliss-reactive ketones (excluding diaryl/α,β-unsaturated/α-hetero) is 1. The molecule has 0 bridgehead atoms. The van der Waals surface area contributed by atoms with Gasteiger partial charge >= 0.3 is 5.97 Å². The maximum Gasteiger partial charge on any atom is 0.321 e. The van der Waals surface area contributed by atoms with Gasteiger partial charge in [-0.2, -0.15) is 0 Å². The van der Waals surface area contributed by atoms with Gasteiger partial charge in [-0.1, -0.05) is 89.9 Å². The number of carbonyl (C=O) groups is 2. The van der Waals surface area contributed by atoms with Gasteiger partial charge in [0.25, 0.3) is 0 Å². The Labute approximate surface area is 181 Å². The second-order valence-corrected chi connectivity index (χ2v) is 6.71. The Morgan fingerprint density at radius 3 is 1.86 bits per heavy atom. The molecule has 0 aliphatic heterocycles. The predicted octanol–water partition coefficient (Wildman–Crippen LogP) is 5.64. The van der Waals surface area contributed by atoms with E-state index in [1.54, 1.807) is 42.5 Å². The molecule has 2 unspecified atom stereocenters. The van der Waals surface area contributed by atoms with Gasteiger partial charge in [-0.15, -0.1) is 0 Å². The third-order valence-corrected chi connectivity index (χ3v) is 4.69. The van der Waals surface area contributed by atoms with E-state index in [2.05, 4.69) is 0 Å². The summed E-state index contributed by atoms with van der Waals surface area (Å²) >= 11 is 12.4. The Bertz CT molecular complexity index is 945. The second-order valence-electron chi connectivity index (χ2n) is 5.90. The Balaban J connectivity index is 0.00000145. The Kier molecular flexibility index (Phi) is 9.14.